The Bertz CT molecular complexity index is 682. The third-order valence-electron chi connectivity index (χ3n) is 3.34. The Labute approximate surface area is 172 Å². The van der Waals surface area contributed by atoms with E-state index in [1.165, 1.54) is 0 Å². The van der Waals surface area contributed by atoms with Gasteiger partial charge >= 0.3 is 0 Å². The molecular weight excluding hydrogens is 389 g/mol. The Kier molecular flexibility index (Phi) is 12.2. The number of amides is 1. The fraction of sp³-hybridized carbons (Fsp3) is 0.368. The van der Waals surface area contributed by atoms with Crippen LogP contribution in [0.3, 0.4) is 0 Å². The number of carbonyl (C=O) groups excluding carboxylic acids is 1. The highest BCUT2D eigenvalue weighted by atomic mass is 35.5. The first kappa shape index (κ1) is 25.0. The van der Waals surface area contributed by atoms with Gasteiger partial charge < -0.3 is 20.5 Å². The molecule has 2 aromatic rings. The van der Waals surface area contributed by atoms with Crippen molar-refractivity contribution in [3.63, 3.8) is 0 Å². The second-order valence-electron chi connectivity index (χ2n) is 5.85. The van der Waals surface area contributed by atoms with E-state index in [1.54, 1.807) is 13.1 Å². The molecule has 0 saturated heterocycles. The van der Waals surface area contributed by atoms with E-state index in [1.807, 2.05) is 36.4 Å². The highest BCUT2D eigenvalue weighted by Gasteiger charge is 2.09. The molecule has 2 rings (SSSR count). The summed E-state index contributed by atoms with van der Waals surface area (Å²) < 4.78 is 11.4. The molecule has 8 heteroatoms. The second-order valence-corrected chi connectivity index (χ2v) is 5.85. The number of carbonyl (C=O) groups is 1. The molecule has 1 heterocycles. The predicted octanol–water partition coefficient (Wildman–Crippen LogP) is 3.86. The third kappa shape index (κ3) is 8.95. The highest BCUT2D eigenvalue weighted by Crippen LogP contribution is 2.25. The molecule has 0 bridgehead atoms. The standard InChI is InChI=1S/C19H25N3O3.2ClH/c1-3-11-24-16-6-8-17(9-7-16)25-19-15(5-4-10-21-19)13-22-18(23)12-14(2)20;;/h4-10,14H,3,11-13,20H2,1-2H3,(H,22,23);2*1H. The largest absolute Gasteiger partial charge is 0.494 e. The van der Waals surface area contributed by atoms with Gasteiger partial charge in [0, 0.05) is 30.8 Å². The molecule has 0 spiro atoms. The molecule has 0 radical (unpaired) electrons. The first-order valence-corrected chi connectivity index (χ1v) is 8.45. The molecule has 1 aromatic carbocycles. The molecule has 0 aliphatic carbocycles. The van der Waals surface area contributed by atoms with E-state index >= 15 is 0 Å². The second kappa shape index (κ2) is 13.2. The topological polar surface area (TPSA) is 86.5 Å². The van der Waals surface area contributed by atoms with Crippen LogP contribution in [0.4, 0.5) is 0 Å². The van der Waals surface area contributed by atoms with Crippen molar-refractivity contribution in [2.24, 2.45) is 5.73 Å². The average Bonchev–Trinajstić information content (AvgIpc) is 2.60. The number of benzene rings is 1. The van der Waals surface area contributed by atoms with E-state index in [4.69, 9.17) is 15.2 Å². The summed E-state index contributed by atoms with van der Waals surface area (Å²) in [6, 6.07) is 10.9. The zero-order chi connectivity index (χ0) is 18.1. The van der Waals surface area contributed by atoms with Crippen LogP contribution in [0.25, 0.3) is 0 Å². The molecule has 0 fully saturated rings. The Morgan fingerprint density at radius 2 is 1.85 bits per heavy atom. The van der Waals surface area contributed by atoms with Crippen molar-refractivity contribution < 1.29 is 14.3 Å². The van der Waals surface area contributed by atoms with Gasteiger partial charge in [0.15, 0.2) is 0 Å². The molecule has 1 aromatic heterocycles. The van der Waals surface area contributed by atoms with Crippen LogP contribution in [0, 0.1) is 0 Å². The lowest BCUT2D eigenvalue weighted by Gasteiger charge is -2.12. The summed E-state index contributed by atoms with van der Waals surface area (Å²) in [6.45, 7) is 4.89. The number of halogens is 2. The van der Waals surface area contributed by atoms with E-state index < -0.39 is 0 Å². The lowest BCUT2D eigenvalue weighted by molar-refractivity contribution is -0.121. The normalized spacial score (nSPS) is 10.8. The summed E-state index contributed by atoms with van der Waals surface area (Å²) in [6.07, 6.45) is 2.90. The van der Waals surface area contributed by atoms with Crippen LogP contribution >= 0.6 is 24.8 Å². The van der Waals surface area contributed by atoms with Gasteiger partial charge in [0.2, 0.25) is 11.8 Å². The quantitative estimate of drug-likeness (QED) is 0.648. The van der Waals surface area contributed by atoms with Crippen molar-refractivity contribution in [2.75, 3.05) is 6.61 Å². The molecule has 1 amide bonds. The van der Waals surface area contributed by atoms with Gasteiger partial charge in [-0.15, -0.1) is 24.8 Å². The molecule has 1 atom stereocenters. The Morgan fingerprint density at radius 3 is 2.48 bits per heavy atom. The van der Waals surface area contributed by atoms with E-state index in [0.717, 1.165) is 17.7 Å². The van der Waals surface area contributed by atoms with Crippen molar-refractivity contribution in [3.05, 3.63) is 48.2 Å². The Balaban J connectivity index is 0.00000338. The zero-order valence-electron chi connectivity index (χ0n) is 15.5. The number of nitrogens with two attached hydrogens (primary N) is 1. The molecule has 3 N–H and O–H groups in total. The van der Waals surface area contributed by atoms with E-state index in [9.17, 15) is 4.79 Å². The first-order valence-electron chi connectivity index (χ1n) is 8.45. The fourth-order valence-electron chi connectivity index (χ4n) is 2.14. The molecule has 0 aliphatic heterocycles. The molecule has 150 valence electrons. The number of rotatable bonds is 9. The van der Waals surface area contributed by atoms with Crippen LogP contribution in [0.15, 0.2) is 42.6 Å². The summed E-state index contributed by atoms with van der Waals surface area (Å²) >= 11 is 0. The van der Waals surface area contributed by atoms with Gasteiger partial charge in [-0.1, -0.05) is 13.0 Å². The lowest BCUT2D eigenvalue weighted by Crippen LogP contribution is -2.29. The number of hydrogen-bond acceptors (Lipinski definition) is 5. The molecule has 6 nitrogen and oxygen atoms in total. The smallest absolute Gasteiger partial charge is 0.224 e. The Morgan fingerprint density at radius 1 is 1.19 bits per heavy atom. The van der Waals surface area contributed by atoms with Crippen LogP contribution in [-0.2, 0) is 11.3 Å². The maximum atomic E-state index is 11.8. The van der Waals surface area contributed by atoms with Gasteiger partial charge in [-0.3, -0.25) is 4.79 Å². The maximum absolute atomic E-state index is 11.8. The lowest BCUT2D eigenvalue weighted by atomic mass is 10.2. The SMILES string of the molecule is CCCOc1ccc(Oc2ncccc2CNC(=O)CC(C)N)cc1.Cl.Cl. The molecule has 27 heavy (non-hydrogen) atoms. The van der Waals surface area contributed by atoms with Crippen LogP contribution < -0.4 is 20.5 Å². The minimum absolute atomic E-state index is 0. The van der Waals surface area contributed by atoms with Crippen LogP contribution in [0.2, 0.25) is 0 Å². The van der Waals surface area contributed by atoms with E-state index in [0.29, 0.717) is 24.8 Å². The summed E-state index contributed by atoms with van der Waals surface area (Å²) in [7, 11) is 0. The van der Waals surface area contributed by atoms with Gasteiger partial charge in [0.05, 0.1) is 6.61 Å². The predicted molar refractivity (Wildman–Crippen MR) is 111 cm³/mol. The van der Waals surface area contributed by atoms with Gasteiger partial charge in [-0.2, -0.15) is 0 Å². The summed E-state index contributed by atoms with van der Waals surface area (Å²) in [5, 5.41) is 2.83. The molecule has 1 unspecified atom stereocenters. The fourth-order valence-corrected chi connectivity index (χ4v) is 2.14. The van der Waals surface area contributed by atoms with Crippen molar-refractivity contribution >= 4 is 30.7 Å². The number of nitrogens with zero attached hydrogens (tertiary/aromatic N) is 1. The monoisotopic (exact) mass is 415 g/mol. The summed E-state index contributed by atoms with van der Waals surface area (Å²) in [5.41, 5.74) is 6.43. The van der Waals surface area contributed by atoms with Gasteiger partial charge in [-0.25, -0.2) is 4.98 Å². The van der Waals surface area contributed by atoms with Crippen LogP contribution in [-0.4, -0.2) is 23.5 Å². The van der Waals surface area contributed by atoms with Crippen LogP contribution in [0.1, 0.15) is 32.3 Å². The third-order valence-corrected chi connectivity index (χ3v) is 3.34. The Hall–Kier alpha value is -2.02. The molecule has 0 saturated carbocycles. The minimum Gasteiger partial charge on any atom is -0.494 e. The van der Waals surface area contributed by atoms with E-state index in [-0.39, 0.29) is 43.2 Å². The molecule has 0 aliphatic rings. The van der Waals surface area contributed by atoms with Gasteiger partial charge in [0.25, 0.3) is 0 Å². The van der Waals surface area contributed by atoms with Crippen molar-refractivity contribution in [2.45, 2.75) is 39.3 Å². The highest BCUT2D eigenvalue weighted by molar-refractivity contribution is 5.85. The number of nitrogens with one attached hydrogen (secondary N) is 1. The van der Waals surface area contributed by atoms with Gasteiger partial charge in [0.1, 0.15) is 11.5 Å². The first-order chi connectivity index (χ1) is 12.1. The van der Waals surface area contributed by atoms with Crippen molar-refractivity contribution in [1.82, 2.24) is 10.3 Å². The number of pyridine rings is 1. The summed E-state index contributed by atoms with van der Waals surface area (Å²) in [5.74, 6) is 1.83. The summed E-state index contributed by atoms with van der Waals surface area (Å²) in [4.78, 5) is 16.0. The van der Waals surface area contributed by atoms with Crippen LogP contribution in [0.5, 0.6) is 17.4 Å². The zero-order valence-corrected chi connectivity index (χ0v) is 17.1. The average molecular weight is 416 g/mol. The number of hydrogen-bond donors (Lipinski definition) is 2. The number of ether oxygens (including phenoxy) is 2. The minimum atomic E-state index is -0.168. The van der Waals surface area contributed by atoms with Crippen molar-refractivity contribution in [3.8, 4) is 17.4 Å². The van der Waals surface area contributed by atoms with Crippen molar-refractivity contribution in [1.29, 1.82) is 0 Å². The van der Waals surface area contributed by atoms with Gasteiger partial charge in [-0.05, 0) is 43.7 Å². The van der Waals surface area contributed by atoms with E-state index in [2.05, 4.69) is 17.2 Å². The number of aromatic nitrogens is 1. The molecular formula is C19H27Cl2N3O3. The maximum Gasteiger partial charge on any atom is 0.224 e.